The lowest BCUT2D eigenvalue weighted by Crippen LogP contribution is -2.50. The second kappa shape index (κ2) is 11.7. The minimum absolute atomic E-state index is 1.07. The summed E-state index contributed by atoms with van der Waals surface area (Å²) in [5.41, 5.74) is -26.1. The van der Waals surface area contributed by atoms with Crippen molar-refractivity contribution < 1.29 is 95.8 Å². The van der Waals surface area contributed by atoms with Gasteiger partial charge in [-0.05, 0) is 0 Å². The molecule has 0 spiro atoms. The van der Waals surface area contributed by atoms with Crippen LogP contribution in [0.2, 0.25) is 0 Å². The lowest BCUT2D eigenvalue weighted by Gasteiger charge is -2.24. The van der Waals surface area contributed by atoms with Gasteiger partial charge in [0, 0.05) is 0 Å². The van der Waals surface area contributed by atoms with Crippen molar-refractivity contribution in [1.29, 1.82) is 0 Å². The van der Waals surface area contributed by atoms with E-state index >= 15 is 0 Å². The largest absolute Gasteiger partial charge is 0.512 e. The molecule has 28 heteroatoms. The molecule has 0 saturated carbocycles. The van der Waals surface area contributed by atoms with Crippen molar-refractivity contribution in [2.24, 2.45) is 0 Å². The van der Waals surface area contributed by atoms with Gasteiger partial charge < -0.3 is 9.47 Å². The fourth-order valence-electron chi connectivity index (χ4n) is 1.80. The fraction of sp³-hybridized carbons (Fsp3) is 1.00. The zero-order valence-electron chi connectivity index (χ0n) is 17.4. The van der Waals surface area contributed by atoms with Crippen molar-refractivity contribution in [3.8, 4) is 0 Å². The van der Waals surface area contributed by atoms with Crippen LogP contribution < -0.4 is 0 Å². The van der Waals surface area contributed by atoms with Gasteiger partial charge in [-0.2, -0.15) is 52.7 Å². The number of ether oxygens (including phenoxy) is 2. The normalized spacial score (nSPS) is 15.4. The lowest BCUT2D eigenvalue weighted by molar-refractivity contribution is -0.0553. The molecule has 0 atom stereocenters. The van der Waals surface area contributed by atoms with E-state index in [9.17, 15) is 86.4 Å². The van der Waals surface area contributed by atoms with Gasteiger partial charge in [0.15, 0.2) is 0 Å². The third-order valence-corrected chi connectivity index (χ3v) is 11.0. The van der Waals surface area contributed by atoms with E-state index < -0.39 is 109 Å². The van der Waals surface area contributed by atoms with Crippen molar-refractivity contribution in [1.82, 2.24) is 7.42 Å². The maximum Gasteiger partial charge on any atom is 0.512 e. The second-order valence-electron chi connectivity index (χ2n) is 6.02. The van der Waals surface area contributed by atoms with Gasteiger partial charge in [-0.3, -0.25) is 0 Å². The van der Waals surface area contributed by atoms with Gasteiger partial charge in [-0.15, -0.1) is 0 Å². The molecule has 38 heavy (non-hydrogen) atoms. The highest BCUT2D eigenvalue weighted by Crippen LogP contribution is 2.36. The van der Waals surface area contributed by atoms with Gasteiger partial charge in [-0.1, -0.05) is 7.42 Å². The van der Waals surface area contributed by atoms with E-state index in [1.54, 1.807) is 0 Å². The molecule has 0 N–H and O–H groups in total. The molecule has 0 amide bonds. The molecular formula is C10H12F12N2O10S4. The molecule has 0 saturated heterocycles. The Balaban J connectivity index is 5.28. The standard InChI is InChI=1S/C10H12F12N2O10S4/c11-7(12,13)35(25,26)23(36(27,28)8(14,15)16)1-3-33-5-6-34-4-2-24(37(29,30)9(17,18)19)38(31,32)10(20,21)22/h1-6H2. The summed E-state index contributed by atoms with van der Waals surface area (Å²) >= 11 is 0. The Morgan fingerprint density at radius 3 is 0.737 bits per heavy atom. The summed E-state index contributed by atoms with van der Waals surface area (Å²) in [4.78, 5) is 0. The molecule has 0 aromatic rings. The van der Waals surface area contributed by atoms with Gasteiger partial charge in [0.2, 0.25) is 0 Å². The van der Waals surface area contributed by atoms with Crippen molar-refractivity contribution in [2.75, 3.05) is 39.5 Å². The van der Waals surface area contributed by atoms with Gasteiger partial charge in [0.05, 0.1) is 39.5 Å². The Bertz CT molecular complexity index is 1050. The Hall–Kier alpha value is -1.20. The number of sulfonamides is 4. The van der Waals surface area contributed by atoms with E-state index in [1.165, 1.54) is 0 Å². The SMILES string of the molecule is O=S(=O)(N(CCOCCOCCN(S(=O)(=O)C(F)(F)F)S(=O)(=O)C(F)(F)F)S(=O)(=O)C(F)(F)F)C(F)(F)F. The molecule has 230 valence electrons. The average molecular weight is 676 g/mol. The van der Waals surface area contributed by atoms with Crippen molar-refractivity contribution in [3.63, 3.8) is 0 Å². The first-order chi connectivity index (χ1) is 16.5. The van der Waals surface area contributed by atoms with Crippen LogP contribution in [0.1, 0.15) is 0 Å². The minimum atomic E-state index is -7.13. The van der Waals surface area contributed by atoms with Crippen LogP contribution in [0.25, 0.3) is 0 Å². The Morgan fingerprint density at radius 1 is 0.395 bits per heavy atom. The first-order valence-electron chi connectivity index (χ1n) is 8.44. The van der Waals surface area contributed by atoms with Crippen LogP contribution in [-0.4, -0.2) is 103 Å². The van der Waals surface area contributed by atoms with E-state index in [0.717, 1.165) is 0 Å². The molecule has 0 unspecified atom stereocenters. The molecule has 0 radical (unpaired) electrons. The van der Waals surface area contributed by atoms with E-state index in [1.807, 2.05) is 0 Å². The first kappa shape index (κ1) is 36.8. The molecule has 0 bridgehead atoms. The topological polar surface area (TPSA) is 161 Å². The van der Waals surface area contributed by atoms with Gasteiger partial charge in [-0.25, -0.2) is 33.7 Å². The summed E-state index contributed by atoms with van der Waals surface area (Å²) < 4.78 is 245. The smallest absolute Gasteiger partial charge is 0.378 e. The minimum Gasteiger partial charge on any atom is -0.378 e. The Labute approximate surface area is 205 Å². The Morgan fingerprint density at radius 2 is 0.579 bits per heavy atom. The van der Waals surface area contributed by atoms with Crippen molar-refractivity contribution in [3.05, 3.63) is 0 Å². The fourth-order valence-corrected chi connectivity index (χ4v) is 7.07. The molecule has 0 aliphatic heterocycles. The van der Waals surface area contributed by atoms with Gasteiger partial charge in [0.25, 0.3) is 0 Å². The maximum absolute atomic E-state index is 12.5. The summed E-state index contributed by atoms with van der Waals surface area (Å²) in [7, 11) is -28.5. The summed E-state index contributed by atoms with van der Waals surface area (Å²) in [6, 6.07) is 0. The quantitative estimate of drug-likeness (QED) is 0.204. The summed E-state index contributed by atoms with van der Waals surface area (Å²) in [5, 5.41) is 0. The van der Waals surface area contributed by atoms with Crippen LogP contribution in [0.15, 0.2) is 0 Å². The number of nitrogens with zero attached hydrogens (tertiary/aromatic N) is 2. The van der Waals surface area contributed by atoms with E-state index in [0.29, 0.717) is 0 Å². The highest BCUT2D eigenvalue weighted by Gasteiger charge is 2.62. The molecule has 0 aromatic heterocycles. The third kappa shape index (κ3) is 8.16. The molecular weight excluding hydrogens is 664 g/mol. The first-order valence-corrected chi connectivity index (χ1v) is 14.2. The molecule has 0 aliphatic carbocycles. The molecule has 0 rings (SSSR count). The number of hydrogen-bond acceptors (Lipinski definition) is 10. The second-order valence-corrected chi connectivity index (χ2v) is 13.9. The molecule has 12 nitrogen and oxygen atoms in total. The maximum atomic E-state index is 12.5. The number of alkyl halides is 12. The molecule has 0 aromatic carbocycles. The summed E-state index contributed by atoms with van der Waals surface area (Å²) in [6.45, 7) is -9.44. The third-order valence-electron chi connectivity index (χ3n) is 3.45. The van der Waals surface area contributed by atoms with E-state index in [2.05, 4.69) is 9.47 Å². The van der Waals surface area contributed by atoms with Crippen LogP contribution in [0.3, 0.4) is 0 Å². The van der Waals surface area contributed by atoms with E-state index in [4.69, 9.17) is 0 Å². The number of halogens is 12. The van der Waals surface area contributed by atoms with Crippen LogP contribution >= 0.6 is 0 Å². The highest BCUT2D eigenvalue weighted by atomic mass is 32.3. The van der Waals surface area contributed by atoms with Gasteiger partial charge in [0.1, 0.15) is 0 Å². The lowest BCUT2D eigenvalue weighted by atomic mass is 10.7. The summed E-state index contributed by atoms with van der Waals surface area (Å²) in [6.07, 6.45) is 0. The molecule has 0 aliphatic rings. The number of rotatable bonds is 13. The van der Waals surface area contributed by atoms with Crippen LogP contribution in [0.4, 0.5) is 52.7 Å². The van der Waals surface area contributed by atoms with Crippen molar-refractivity contribution >= 4 is 40.1 Å². The number of hydrogen-bond donors (Lipinski definition) is 0. The van der Waals surface area contributed by atoms with Crippen LogP contribution in [0, 0.1) is 0 Å². The monoisotopic (exact) mass is 676 g/mol. The molecule has 0 heterocycles. The average Bonchev–Trinajstić information content (AvgIpc) is 2.65. The van der Waals surface area contributed by atoms with E-state index in [-0.39, 0.29) is 0 Å². The highest BCUT2D eigenvalue weighted by molar-refractivity contribution is 8.05. The molecule has 0 fully saturated rings. The predicted molar refractivity (Wildman–Crippen MR) is 94.9 cm³/mol. The Kier molecular flexibility index (Phi) is 11.4. The van der Waals surface area contributed by atoms with Crippen molar-refractivity contribution in [2.45, 2.75) is 22.0 Å². The predicted octanol–water partition coefficient (Wildman–Crippen LogP) is 1.02. The zero-order valence-corrected chi connectivity index (χ0v) is 20.7. The summed E-state index contributed by atoms with van der Waals surface area (Å²) in [5.74, 6) is 0. The van der Waals surface area contributed by atoms with Crippen LogP contribution in [-0.2, 0) is 49.6 Å². The van der Waals surface area contributed by atoms with Gasteiger partial charge >= 0.3 is 62.1 Å². The van der Waals surface area contributed by atoms with Crippen LogP contribution in [0.5, 0.6) is 0 Å². The zero-order chi connectivity index (χ0) is 30.8.